The third-order valence-electron chi connectivity index (χ3n) is 2.26. The number of benzene rings is 1. The summed E-state index contributed by atoms with van der Waals surface area (Å²) in [6.07, 6.45) is 3.44. The fourth-order valence-electron chi connectivity index (χ4n) is 1.46. The molecule has 0 saturated carbocycles. The average Bonchev–Trinajstić information content (AvgIpc) is 2.30. The van der Waals surface area contributed by atoms with E-state index in [1.807, 2.05) is 18.2 Å². The van der Waals surface area contributed by atoms with Crippen molar-refractivity contribution in [2.24, 2.45) is 0 Å². The highest BCUT2D eigenvalue weighted by atomic mass is 32.2. The standard InChI is InChI=1S/C13H21NOS/c1-4-9-14-10-11(2)15-12-7-5-6-8-13(12)16-3/h5-8,11,14H,4,9-10H2,1-3H3. The minimum Gasteiger partial charge on any atom is -0.488 e. The van der Waals surface area contributed by atoms with Gasteiger partial charge in [-0.3, -0.25) is 0 Å². The Morgan fingerprint density at radius 1 is 1.38 bits per heavy atom. The molecular formula is C13H21NOS. The number of nitrogens with one attached hydrogen (secondary N) is 1. The summed E-state index contributed by atoms with van der Waals surface area (Å²) in [7, 11) is 0. The van der Waals surface area contributed by atoms with Crippen LogP contribution in [0.2, 0.25) is 0 Å². The first-order valence-corrected chi connectivity index (χ1v) is 7.00. The summed E-state index contributed by atoms with van der Waals surface area (Å²) in [5.74, 6) is 0.987. The lowest BCUT2D eigenvalue weighted by atomic mass is 10.3. The van der Waals surface area contributed by atoms with Crippen LogP contribution in [0.25, 0.3) is 0 Å². The van der Waals surface area contributed by atoms with Crippen LogP contribution in [0, 0.1) is 0 Å². The number of ether oxygens (including phenoxy) is 1. The molecule has 1 rings (SSSR count). The van der Waals surface area contributed by atoms with E-state index >= 15 is 0 Å². The lowest BCUT2D eigenvalue weighted by molar-refractivity contribution is 0.212. The maximum Gasteiger partial charge on any atom is 0.133 e. The number of rotatable bonds is 7. The number of hydrogen-bond acceptors (Lipinski definition) is 3. The summed E-state index contributed by atoms with van der Waals surface area (Å²) in [4.78, 5) is 1.20. The van der Waals surface area contributed by atoms with Gasteiger partial charge in [-0.1, -0.05) is 19.1 Å². The Morgan fingerprint density at radius 2 is 2.12 bits per heavy atom. The molecule has 0 saturated heterocycles. The van der Waals surface area contributed by atoms with Crippen molar-refractivity contribution < 1.29 is 4.74 Å². The summed E-state index contributed by atoms with van der Waals surface area (Å²) in [5.41, 5.74) is 0. The van der Waals surface area contributed by atoms with E-state index in [1.165, 1.54) is 4.90 Å². The highest BCUT2D eigenvalue weighted by Gasteiger charge is 2.06. The zero-order valence-corrected chi connectivity index (χ0v) is 11.1. The van der Waals surface area contributed by atoms with Crippen molar-refractivity contribution in [1.29, 1.82) is 0 Å². The van der Waals surface area contributed by atoms with Gasteiger partial charge in [0.25, 0.3) is 0 Å². The molecule has 0 fully saturated rings. The van der Waals surface area contributed by atoms with E-state index in [-0.39, 0.29) is 6.10 Å². The van der Waals surface area contributed by atoms with Crippen LogP contribution >= 0.6 is 11.8 Å². The molecule has 2 nitrogen and oxygen atoms in total. The van der Waals surface area contributed by atoms with Crippen LogP contribution in [0.5, 0.6) is 5.75 Å². The van der Waals surface area contributed by atoms with Gasteiger partial charge < -0.3 is 10.1 Å². The van der Waals surface area contributed by atoms with E-state index < -0.39 is 0 Å². The first-order chi connectivity index (χ1) is 7.77. The van der Waals surface area contributed by atoms with Gasteiger partial charge in [0.1, 0.15) is 11.9 Å². The zero-order valence-electron chi connectivity index (χ0n) is 10.3. The van der Waals surface area contributed by atoms with Gasteiger partial charge in [-0.05, 0) is 38.3 Å². The van der Waals surface area contributed by atoms with E-state index in [9.17, 15) is 0 Å². The van der Waals surface area contributed by atoms with E-state index in [2.05, 4.69) is 31.5 Å². The quantitative estimate of drug-likeness (QED) is 0.583. The highest BCUT2D eigenvalue weighted by Crippen LogP contribution is 2.27. The minimum atomic E-state index is 0.208. The maximum absolute atomic E-state index is 5.90. The van der Waals surface area contributed by atoms with Crippen molar-refractivity contribution in [3.8, 4) is 5.75 Å². The summed E-state index contributed by atoms with van der Waals surface area (Å²) >= 11 is 1.72. The van der Waals surface area contributed by atoms with E-state index in [0.717, 1.165) is 25.3 Å². The van der Waals surface area contributed by atoms with Gasteiger partial charge in [-0.25, -0.2) is 0 Å². The SMILES string of the molecule is CCCNCC(C)Oc1ccccc1SC. The molecular weight excluding hydrogens is 218 g/mol. The Bertz CT molecular complexity index is 304. The van der Waals surface area contributed by atoms with Gasteiger partial charge in [0, 0.05) is 11.4 Å². The first kappa shape index (κ1) is 13.4. The predicted octanol–water partition coefficient (Wildman–Crippen LogP) is 3.18. The molecule has 3 heteroatoms. The first-order valence-electron chi connectivity index (χ1n) is 5.78. The van der Waals surface area contributed by atoms with Gasteiger partial charge in [0.15, 0.2) is 0 Å². The molecule has 0 amide bonds. The summed E-state index contributed by atoms with van der Waals surface area (Å²) in [6, 6.07) is 8.17. The van der Waals surface area contributed by atoms with Crippen LogP contribution in [0.1, 0.15) is 20.3 Å². The summed E-state index contributed by atoms with van der Waals surface area (Å²) in [6.45, 7) is 6.22. The fourth-order valence-corrected chi connectivity index (χ4v) is 1.99. The van der Waals surface area contributed by atoms with Crippen LogP contribution in [-0.4, -0.2) is 25.4 Å². The Morgan fingerprint density at radius 3 is 2.81 bits per heavy atom. The molecule has 0 bridgehead atoms. The minimum absolute atomic E-state index is 0.208. The molecule has 1 unspecified atom stereocenters. The van der Waals surface area contributed by atoms with E-state index in [4.69, 9.17) is 4.74 Å². The van der Waals surface area contributed by atoms with Gasteiger partial charge in [0.2, 0.25) is 0 Å². The van der Waals surface area contributed by atoms with Crippen molar-refractivity contribution in [1.82, 2.24) is 5.32 Å². The van der Waals surface area contributed by atoms with Crippen molar-refractivity contribution >= 4 is 11.8 Å². The van der Waals surface area contributed by atoms with Crippen molar-refractivity contribution in [3.63, 3.8) is 0 Å². The smallest absolute Gasteiger partial charge is 0.133 e. The van der Waals surface area contributed by atoms with Crippen LogP contribution in [0.3, 0.4) is 0 Å². The van der Waals surface area contributed by atoms with Crippen molar-refractivity contribution in [3.05, 3.63) is 24.3 Å². The lowest BCUT2D eigenvalue weighted by Crippen LogP contribution is -2.29. The van der Waals surface area contributed by atoms with Crippen LogP contribution in [0.15, 0.2) is 29.2 Å². The normalized spacial score (nSPS) is 12.4. The summed E-state index contributed by atoms with van der Waals surface area (Å²) in [5, 5.41) is 3.36. The number of para-hydroxylation sites is 1. The van der Waals surface area contributed by atoms with Gasteiger partial charge in [0.05, 0.1) is 0 Å². The van der Waals surface area contributed by atoms with E-state index in [1.54, 1.807) is 11.8 Å². The predicted molar refractivity (Wildman–Crippen MR) is 71.5 cm³/mol. The largest absolute Gasteiger partial charge is 0.488 e. The second-order valence-corrected chi connectivity index (χ2v) is 4.63. The van der Waals surface area contributed by atoms with Crippen molar-refractivity contribution in [2.45, 2.75) is 31.3 Å². The monoisotopic (exact) mass is 239 g/mol. The molecule has 0 aromatic heterocycles. The van der Waals surface area contributed by atoms with Gasteiger partial charge in [-0.15, -0.1) is 11.8 Å². The Kier molecular flexibility index (Phi) is 6.34. The van der Waals surface area contributed by atoms with Crippen LogP contribution in [-0.2, 0) is 0 Å². The Balaban J connectivity index is 2.45. The Hall–Kier alpha value is -0.670. The third-order valence-corrected chi connectivity index (χ3v) is 3.03. The second-order valence-electron chi connectivity index (χ2n) is 3.78. The molecule has 90 valence electrons. The average molecular weight is 239 g/mol. The molecule has 1 aromatic carbocycles. The molecule has 16 heavy (non-hydrogen) atoms. The van der Waals surface area contributed by atoms with Crippen LogP contribution < -0.4 is 10.1 Å². The topological polar surface area (TPSA) is 21.3 Å². The lowest BCUT2D eigenvalue weighted by Gasteiger charge is -2.17. The molecule has 0 aliphatic carbocycles. The molecule has 1 atom stereocenters. The van der Waals surface area contributed by atoms with Gasteiger partial charge >= 0.3 is 0 Å². The van der Waals surface area contributed by atoms with Crippen LogP contribution in [0.4, 0.5) is 0 Å². The third kappa shape index (κ3) is 4.45. The molecule has 0 aliphatic heterocycles. The molecule has 0 spiro atoms. The molecule has 0 heterocycles. The Labute approximate surface area is 103 Å². The van der Waals surface area contributed by atoms with Crippen molar-refractivity contribution in [2.75, 3.05) is 19.3 Å². The highest BCUT2D eigenvalue weighted by molar-refractivity contribution is 7.98. The fraction of sp³-hybridized carbons (Fsp3) is 0.538. The zero-order chi connectivity index (χ0) is 11.8. The molecule has 0 aliphatic rings. The molecule has 1 aromatic rings. The number of hydrogen-bond donors (Lipinski definition) is 1. The molecule has 0 radical (unpaired) electrons. The maximum atomic E-state index is 5.90. The summed E-state index contributed by atoms with van der Waals surface area (Å²) < 4.78 is 5.90. The molecule has 1 N–H and O–H groups in total. The van der Waals surface area contributed by atoms with Gasteiger partial charge in [-0.2, -0.15) is 0 Å². The number of thioether (sulfide) groups is 1. The van der Waals surface area contributed by atoms with E-state index in [0.29, 0.717) is 0 Å². The second kappa shape index (κ2) is 7.58.